The molecular weight excluding hydrogens is 456 g/mol. The number of carbonyl (C=O) groups is 1. The molecule has 6 nitrogen and oxygen atoms in total. The van der Waals surface area contributed by atoms with Gasteiger partial charge < -0.3 is 14.5 Å². The third-order valence-electron chi connectivity index (χ3n) is 6.97. The van der Waals surface area contributed by atoms with Crippen molar-refractivity contribution < 1.29 is 4.79 Å². The van der Waals surface area contributed by atoms with Crippen molar-refractivity contribution in [2.24, 2.45) is 5.92 Å². The highest BCUT2D eigenvalue weighted by Crippen LogP contribution is 2.30. The predicted octanol–water partition coefficient (Wildman–Crippen LogP) is 5.74. The molecule has 1 N–H and O–H groups in total. The highest BCUT2D eigenvalue weighted by molar-refractivity contribution is 7.17. The van der Waals surface area contributed by atoms with Gasteiger partial charge in [-0.1, -0.05) is 49.3 Å². The van der Waals surface area contributed by atoms with E-state index in [1.807, 2.05) is 17.6 Å². The summed E-state index contributed by atoms with van der Waals surface area (Å²) in [7, 11) is 0. The number of aryl methyl sites for hydroxylation is 1. The van der Waals surface area contributed by atoms with Crippen molar-refractivity contribution in [3.8, 4) is 0 Å². The fourth-order valence-electron chi connectivity index (χ4n) is 5.12. The Morgan fingerprint density at radius 1 is 1.23 bits per heavy atom. The van der Waals surface area contributed by atoms with Crippen LogP contribution in [0.25, 0.3) is 10.9 Å². The topological polar surface area (TPSA) is 71.0 Å². The van der Waals surface area contributed by atoms with Crippen LogP contribution in [0.15, 0.2) is 53.6 Å². The van der Waals surface area contributed by atoms with Gasteiger partial charge in [0.05, 0.1) is 17.6 Å². The summed E-state index contributed by atoms with van der Waals surface area (Å²) >= 11 is 1.48. The molecule has 182 valence electrons. The third kappa shape index (κ3) is 5.10. The number of ketones is 1. The molecule has 0 radical (unpaired) electrons. The number of carbonyl (C=O) groups excluding carboxylic acids is 1. The Balaban J connectivity index is 1.29. The van der Waals surface area contributed by atoms with Crippen molar-refractivity contribution in [1.29, 1.82) is 0 Å². The van der Waals surface area contributed by atoms with E-state index >= 15 is 0 Å². The van der Waals surface area contributed by atoms with Gasteiger partial charge in [-0.3, -0.25) is 9.59 Å². The molecule has 0 fully saturated rings. The molecule has 1 aliphatic heterocycles. The van der Waals surface area contributed by atoms with Crippen LogP contribution in [0.1, 0.15) is 59.1 Å². The summed E-state index contributed by atoms with van der Waals surface area (Å²) < 4.78 is 1.84. The first kappa shape index (κ1) is 23.5. The van der Waals surface area contributed by atoms with Gasteiger partial charge in [0, 0.05) is 48.4 Å². The predicted molar refractivity (Wildman–Crippen MR) is 143 cm³/mol. The number of anilines is 1. The number of unbranched alkanes of at least 4 members (excludes halogenated alkanes) is 1. The summed E-state index contributed by atoms with van der Waals surface area (Å²) in [6.45, 7) is 6.15. The van der Waals surface area contributed by atoms with Gasteiger partial charge in [0.2, 0.25) is 0 Å². The summed E-state index contributed by atoms with van der Waals surface area (Å²) in [5.41, 5.74) is 4.48. The van der Waals surface area contributed by atoms with Crippen molar-refractivity contribution in [1.82, 2.24) is 14.5 Å². The number of thiazole rings is 1. The molecule has 35 heavy (non-hydrogen) atoms. The van der Waals surface area contributed by atoms with E-state index in [4.69, 9.17) is 0 Å². The van der Waals surface area contributed by atoms with Gasteiger partial charge in [-0.15, -0.1) is 0 Å². The number of hydrogen-bond donors (Lipinski definition) is 1. The third-order valence-corrected chi connectivity index (χ3v) is 8.07. The van der Waals surface area contributed by atoms with Crippen molar-refractivity contribution in [3.05, 3.63) is 80.8 Å². The Hall–Kier alpha value is -3.19. The molecule has 0 saturated heterocycles. The first-order valence-electron chi connectivity index (χ1n) is 12.5. The van der Waals surface area contributed by atoms with Gasteiger partial charge in [-0.05, 0) is 48.9 Å². The van der Waals surface area contributed by atoms with Crippen molar-refractivity contribution >= 4 is 33.2 Å². The average Bonchev–Trinajstić information content (AvgIpc) is 3.50. The fraction of sp³-hybridized carbons (Fsp3) is 0.393. The molecule has 0 saturated carbocycles. The van der Waals surface area contributed by atoms with E-state index in [0.717, 1.165) is 59.0 Å². The van der Waals surface area contributed by atoms with E-state index < -0.39 is 0 Å². The summed E-state index contributed by atoms with van der Waals surface area (Å²) in [6, 6.07) is 12.1. The van der Waals surface area contributed by atoms with Gasteiger partial charge in [-0.25, -0.2) is 4.98 Å². The van der Waals surface area contributed by atoms with Gasteiger partial charge in [-0.2, -0.15) is 0 Å². The number of pyridine rings is 1. The number of H-pyrrole nitrogens is 1. The van der Waals surface area contributed by atoms with Crippen LogP contribution in [0.4, 0.5) is 5.13 Å². The Morgan fingerprint density at radius 2 is 2.09 bits per heavy atom. The highest BCUT2D eigenvalue weighted by atomic mass is 32.1. The zero-order chi connectivity index (χ0) is 24.4. The van der Waals surface area contributed by atoms with Crippen molar-refractivity contribution in [3.63, 3.8) is 0 Å². The molecule has 0 spiro atoms. The van der Waals surface area contributed by atoms with E-state index in [0.29, 0.717) is 25.4 Å². The molecule has 1 aliphatic rings. The molecule has 3 aromatic heterocycles. The van der Waals surface area contributed by atoms with Crippen LogP contribution in [-0.2, 0) is 19.5 Å². The Bertz CT molecular complexity index is 1400. The number of hydrogen-bond acceptors (Lipinski definition) is 5. The number of fused-ring (bicyclic) bond motifs is 2. The summed E-state index contributed by atoms with van der Waals surface area (Å²) in [6.07, 6.45) is 8.58. The van der Waals surface area contributed by atoms with Crippen molar-refractivity contribution in [2.75, 3.05) is 11.4 Å². The van der Waals surface area contributed by atoms with Gasteiger partial charge in [0.25, 0.3) is 5.56 Å². The normalized spacial score (nSPS) is 14.3. The number of aromatic nitrogens is 3. The quantitative estimate of drug-likeness (QED) is 0.305. The van der Waals surface area contributed by atoms with Crippen LogP contribution in [0.3, 0.4) is 0 Å². The molecule has 5 rings (SSSR count). The zero-order valence-corrected chi connectivity index (χ0v) is 21.2. The maximum atomic E-state index is 13.3. The van der Waals surface area contributed by atoms with Gasteiger partial charge in [0.1, 0.15) is 0 Å². The number of benzene rings is 1. The lowest BCUT2D eigenvalue weighted by Crippen LogP contribution is -2.39. The number of aromatic amines is 1. The molecule has 0 aliphatic carbocycles. The SMILES string of the molecule is CCCCC(CC(=O)c1cnc(N2CCn3c(cc(C)cc3=O)C2)s1)Cc1c[nH]c2ccccc12. The minimum absolute atomic E-state index is 0.0583. The average molecular weight is 489 g/mol. The van der Waals surface area contributed by atoms with Crippen LogP contribution >= 0.6 is 11.3 Å². The number of nitrogens with zero attached hydrogens (tertiary/aromatic N) is 3. The minimum Gasteiger partial charge on any atom is -0.361 e. The molecule has 1 aromatic carbocycles. The molecule has 1 atom stereocenters. The number of nitrogens with one attached hydrogen (secondary N) is 1. The molecule has 7 heteroatoms. The zero-order valence-electron chi connectivity index (χ0n) is 20.4. The van der Waals surface area contributed by atoms with E-state index in [2.05, 4.69) is 52.3 Å². The monoisotopic (exact) mass is 488 g/mol. The number of Topliss-reactive ketones (excluding diaryl/α,β-unsaturated/α-hetero) is 1. The number of rotatable bonds is 9. The smallest absolute Gasteiger partial charge is 0.251 e. The first-order chi connectivity index (χ1) is 17.0. The highest BCUT2D eigenvalue weighted by Gasteiger charge is 2.23. The largest absolute Gasteiger partial charge is 0.361 e. The van der Waals surface area contributed by atoms with E-state index in [9.17, 15) is 9.59 Å². The fourth-order valence-corrected chi connectivity index (χ4v) is 6.01. The maximum Gasteiger partial charge on any atom is 0.251 e. The van der Waals surface area contributed by atoms with Gasteiger partial charge >= 0.3 is 0 Å². The van der Waals surface area contributed by atoms with Gasteiger partial charge in [0.15, 0.2) is 10.9 Å². The van der Waals surface area contributed by atoms with Crippen LogP contribution in [0.5, 0.6) is 0 Å². The van der Waals surface area contributed by atoms with Crippen LogP contribution in [-0.4, -0.2) is 26.9 Å². The Kier molecular flexibility index (Phi) is 6.86. The Labute approximate surface area is 209 Å². The second-order valence-corrected chi connectivity index (χ2v) is 10.7. The second-order valence-electron chi connectivity index (χ2n) is 9.64. The van der Waals surface area contributed by atoms with Crippen LogP contribution in [0.2, 0.25) is 0 Å². The molecule has 4 aromatic rings. The standard InChI is InChI=1S/C28H32N4O2S/c1-3-4-7-20(14-21-16-29-24-9-6-5-8-23(21)24)15-25(33)26-17-30-28(35-26)31-10-11-32-22(18-31)12-19(2)13-27(32)34/h5-6,8-9,12-13,16-17,20,29H,3-4,7,10-11,14-15,18H2,1-2H3. The van der Waals surface area contributed by atoms with Crippen LogP contribution < -0.4 is 10.5 Å². The van der Waals surface area contributed by atoms with E-state index in [1.54, 1.807) is 12.3 Å². The van der Waals surface area contributed by atoms with E-state index in [1.165, 1.54) is 22.3 Å². The summed E-state index contributed by atoms with van der Waals surface area (Å²) in [4.78, 5) is 36.4. The lowest BCUT2D eigenvalue weighted by atomic mass is 9.89. The lowest BCUT2D eigenvalue weighted by Gasteiger charge is -2.29. The second kappa shape index (κ2) is 10.2. The minimum atomic E-state index is 0.0583. The number of para-hydroxylation sites is 1. The molecule has 0 amide bonds. The maximum absolute atomic E-state index is 13.3. The molecular formula is C28H32N4O2S. The molecule has 1 unspecified atom stereocenters. The first-order valence-corrected chi connectivity index (χ1v) is 13.3. The summed E-state index contributed by atoms with van der Waals surface area (Å²) in [5.74, 6) is 0.489. The summed E-state index contributed by atoms with van der Waals surface area (Å²) in [5, 5.41) is 2.11. The molecule has 0 bridgehead atoms. The van der Waals surface area contributed by atoms with Crippen LogP contribution in [0, 0.1) is 12.8 Å². The Morgan fingerprint density at radius 3 is 2.94 bits per heavy atom. The van der Waals surface area contributed by atoms with E-state index in [-0.39, 0.29) is 11.3 Å². The lowest BCUT2D eigenvalue weighted by molar-refractivity contribution is 0.0962. The molecule has 4 heterocycles. The van der Waals surface area contributed by atoms with Crippen molar-refractivity contribution in [2.45, 2.75) is 59.0 Å².